The maximum Gasteiger partial charge on any atom is 0.266 e. The van der Waals surface area contributed by atoms with E-state index in [1.807, 2.05) is 18.7 Å². The zero-order chi connectivity index (χ0) is 11.6. The Kier molecular flexibility index (Phi) is 3.11. The van der Waals surface area contributed by atoms with Gasteiger partial charge in [0.25, 0.3) is 11.8 Å². The first-order valence-electron chi connectivity index (χ1n) is 5.72. The van der Waals surface area contributed by atoms with Crippen molar-refractivity contribution in [2.45, 2.75) is 25.9 Å². The lowest BCUT2D eigenvalue weighted by Gasteiger charge is -2.16. The van der Waals surface area contributed by atoms with Crippen molar-refractivity contribution < 1.29 is 9.63 Å². The molecule has 0 spiro atoms. The summed E-state index contributed by atoms with van der Waals surface area (Å²) in [6.45, 7) is 6.97. The predicted molar refractivity (Wildman–Crippen MR) is 59.2 cm³/mol. The van der Waals surface area contributed by atoms with Crippen molar-refractivity contribution in [3.05, 3.63) is 5.89 Å². The van der Waals surface area contributed by atoms with Gasteiger partial charge in [0.1, 0.15) is 0 Å². The first-order chi connectivity index (χ1) is 7.69. The summed E-state index contributed by atoms with van der Waals surface area (Å²) in [7, 11) is 0. The van der Waals surface area contributed by atoms with E-state index in [2.05, 4.69) is 15.5 Å². The van der Waals surface area contributed by atoms with Crippen LogP contribution in [0.2, 0.25) is 0 Å². The van der Waals surface area contributed by atoms with Crippen molar-refractivity contribution in [2.24, 2.45) is 0 Å². The molecule has 1 aromatic rings. The van der Waals surface area contributed by atoms with Gasteiger partial charge in [-0.25, -0.2) is 0 Å². The van der Waals surface area contributed by atoms with Crippen LogP contribution in [0.5, 0.6) is 0 Å². The Morgan fingerprint density at radius 2 is 2.25 bits per heavy atom. The van der Waals surface area contributed by atoms with Crippen molar-refractivity contribution in [2.75, 3.05) is 31.1 Å². The molecule has 16 heavy (non-hydrogen) atoms. The molecule has 0 amide bonds. The summed E-state index contributed by atoms with van der Waals surface area (Å²) in [5, 5.41) is 17.2. The molecule has 6 heteroatoms. The fourth-order valence-electron chi connectivity index (χ4n) is 1.90. The van der Waals surface area contributed by atoms with Gasteiger partial charge >= 0.3 is 0 Å². The van der Waals surface area contributed by atoms with Crippen LogP contribution < -0.4 is 10.2 Å². The van der Waals surface area contributed by atoms with Crippen LogP contribution >= 0.6 is 0 Å². The van der Waals surface area contributed by atoms with Gasteiger partial charge in [-0.15, -0.1) is 0 Å². The SMILES string of the molecule is CCN(CC)c1noc(C2(O)CCNC2)n1. The highest BCUT2D eigenvalue weighted by atomic mass is 16.5. The van der Waals surface area contributed by atoms with Crippen LogP contribution in [0.15, 0.2) is 4.52 Å². The number of aliphatic hydroxyl groups is 1. The van der Waals surface area contributed by atoms with Crippen molar-refractivity contribution in [1.29, 1.82) is 0 Å². The number of hydrogen-bond acceptors (Lipinski definition) is 6. The largest absolute Gasteiger partial charge is 0.379 e. The second-order valence-corrected chi connectivity index (χ2v) is 4.03. The van der Waals surface area contributed by atoms with Crippen LogP contribution in [0.3, 0.4) is 0 Å². The van der Waals surface area contributed by atoms with Crippen LogP contribution in [-0.4, -0.2) is 41.4 Å². The van der Waals surface area contributed by atoms with E-state index in [9.17, 15) is 5.11 Å². The second kappa shape index (κ2) is 4.39. The van der Waals surface area contributed by atoms with Crippen LogP contribution in [0.1, 0.15) is 26.2 Å². The topological polar surface area (TPSA) is 74.4 Å². The van der Waals surface area contributed by atoms with E-state index >= 15 is 0 Å². The minimum Gasteiger partial charge on any atom is -0.379 e. The number of hydrogen-bond donors (Lipinski definition) is 2. The third-order valence-electron chi connectivity index (χ3n) is 2.99. The fraction of sp³-hybridized carbons (Fsp3) is 0.800. The van der Waals surface area contributed by atoms with E-state index in [0.717, 1.165) is 19.6 Å². The Morgan fingerprint density at radius 1 is 1.50 bits per heavy atom. The highest BCUT2D eigenvalue weighted by molar-refractivity contribution is 5.27. The average Bonchev–Trinajstić information content (AvgIpc) is 2.90. The molecule has 2 N–H and O–H groups in total. The lowest BCUT2D eigenvalue weighted by atomic mass is 10.0. The van der Waals surface area contributed by atoms with Crippen molar-refractivity contribution >= 4 is 5.95 Å². The lowest BCUT2D eigenvalue weighted by molar-refractivity contribution is 0.0243. The first kappa shape index (κ1) is 11.3. The summed E-state index contributed by atoms with van der Waals surface area (Å²) in [5.74, 6) is 0.875. The number of anilines is 1. The summed E-state index contributed by atoms with van der Waals surface area (Å²) >= 11 is 0. The van der Waals surface area contributed by atoms with Gasteiger partial charge in [0, 0.05) is 19.6 Å². The molecule has 6 nitrogen and oxygen atoms in total. The van der Waals surface area contributed by atoms with Crippen LogP contribution in [0, 0.1) is 0 Å². The smallest absolute Gasteiger partial charge is 0.266 e. The summed E-state index contributed by atoms with van der Waals surface area (Å²) in [5.41, 5.74) is -0.988. The fourth-order valence-corrected chi connectivity index (χ4v) is 1.90. The lowest BCUT2D eigenvalue weighted by Crippen LogP contribution is -2.29. The second-order valence-electron chi connectivity index (χ2n) is 4.03. The van der Waals surface area contributed by atoms with E-state index in [-0.39, 0.29) is 0 Å². The molecular formula is C10H18N4O2. The van der Waals surface area contributed by atoms with Crippen LogP contribution in [0.4, 0.5) is 5.95 Å². The zero-order valence-corrected chi connectivity index (χ0v) is 9.73. The van der Waals surface area contributed by atoms with Gasteiger partial charge in [0.2, 0.25) is 0 Å². The van der Waals surface area contributed by atoms with Crippen molar-refractivity contribution in [3.63, 3.8) is 0 Å². The minimum atomic E-state index is -0.988. The molecule has 1 fully saturated rings. The minimum absolute atomic E-state index is 0.319. The third kappa shape index (κ3) is 1.90. The Hall–Kier alpha value is -1.14. The van der Waals surface area contributed by atoms with E-state index in [1.54, 1.807) is 0 Å². The molecule has 1 aliphatic rings. The van der Waals surface area contributed by atoms with E-state index in [1.165, 1.54) is 0 Å². The summed E-state index contributed by atoms with van der Waals surface area (Å²) in [6.07, 6.45) is 0.618. The zero-order valence-electron chi connectivity index (χ0n) is 9.73. The maximum absolute atomic E-state index is 10.2. The third-order valence-corrected chi connectivity index (χ3v) is 2.99. The van der Waals surface area contributed by atoms with Gasteiger partial charge < -0.3 is 19.8 Å². The highest BCUT2D eigenvalue weighted by Gasteiger charge is 2.39. The normalized spacial score (nSPS) is 24.9. The Labute approximate surface area is 94.6 Å². The van der Waals surface area contributed by atoms with Gasteiger partial charge in [-0.05, 0) is 32.0 Å². The molecule has 0 saturated carbocycles. The molecule has 1 atom stereocenters. The molecule has 1 aromatic heterocycles. The van der Waals surface area contributed by atoms with Crippen molar-refractivity contribution in [1.82, 2.24) is 15.5 Å². The molecule has 0 radical (unpaired) electrons. The Balaban J connectivity index is 2.18. The number of aromatic nitrogens is 2. The van der Waals surface area contributed by atoms with E-state index in [4.69, 9.17) is 4.52 Å². The van der Waals surface area contributed by atoms with Crippen LogP contribution in [-0.2, 0) is 5.60 Å². The molecule has 1 unspecified atom stereocenters. The summed E-state index contributed by atoms with van der Waals surface area (Å²) in [4.78, 5) is 6.25. The molecule has 0 aromatic carbocycles. The Morgan fingerprint density at radius 3 is 2.81 bits per heavy atom. The quantitative estimate of drug-likeness (QED) is 0.758. The standard InChI is InChI=1S/C10H18N4O2/c1-3-14(4-2)9-12-8(16-13-9)10(15)5-6-11-7-10/h11,15H,3-7H2,1-2H3. The Bertz CT molecular complexity index is 342. The van der Waals surface area contributed by atoms with Crippen molar-refractivity contribution in [3.8, 4) is 0 Å². The molecule has 90 valence electrons. The summed E-state index contributed by atoms with van der Waals surface area (Å²) < 4.78 is 5.14. The predicted octanol–water partition coefficient (Wildman–Crippen LogP) is 0.0967. The molecule has 2 rings (SSSR count). The van der Waals surface area contributed by atoms with Gasteiger partial charge in [-0.3, -0.25) is 0 Å². The highest BCUT2D eigenvalue weighted by Crippen LogP contribution is 2.27. The van der Waals surface area contributed by atoms with Gasteiger partial charge in [0.15, 0.2) is 5.60 Å². The van der Waals surface area contributed by atoms with Gasteiger partial charge in [-0.1, -0.05) is 0 Å². The van der Waals surface area contributed by atoms with Crippen LogP contribution in [0.25, 0.3) is 0 Å². The summed E-state index contributed by atoms with van der Waals surface area (Å²) in [6, 6.07) is 0. The number of β-amino-alcohol motifs (C(OH)–C–C–N with tert-alkyl or cyclic N) is 1. The first-order valence-corrected chi connectivity index (χ1v) is 5.72. The number of rotatable bonds is 4. The molecule has 0 bridgehead atoms. The van der Waals surface area contributed by atoms with Gasteiger partial charge in [-0.2, -0.15) is 4.98 Å². The molecule has 1 saturated heterocycles. The average molecular weight is 226 g/mol. The maximum atomic E-state index is 10.2. The number of nitrogens with one attached hydrogen (secondary N) is 1. The molecular weight excluding hydrogens is 208 g/mol. The molecule has 2 heterocycles. The van der Waals surface area contributed by atoms with E-state index in [0.29, 0.717) is 24.8 Å². The molecule has 1 aliphatic heterocycles. The number of nitrogens with zero attached hydrogens (tertiary/aromatic N) is 3. The molecule has 0 aliphatic carbocycles. The van der Waals surface area contributed by atoms with E-state index < -0.39 is 5.60 Å². The van der Waals surface area contributed by atoms with Gasteiger partial charge in [0.05, 0.1) is 0 Å². The monoisotopic (exact) mass is 226 g/mol.